The SMILES string of the molecule is O=C(CCOc1ccc(F)c(F)c1)NCCO. The molecule has 0 radical (unpaired) electrons. The number of ether oxygens (including phenoxy) is 1. The van der Waals surface area contributed by atoms with Crippen LogP contribution in [0.15, 0.2) is 18.2 Å². The fourth-order valence-corrected chi connectivity index (χ4v) is 1.11. The van der Waals surface area contributed by atoms with Gasteiger partial charge >= 0.3 is 0 Å². The number of nitrogens with one attached hydrogen (secondary N) is 1. The molecular formula is C11H13F2NO3. The lowest BCUT2D eigenvalue weighted by atomic mass is 10.3. The van der Waals surface area contributed by atoms with Crippen molar-refractivity contribution in [2.24, 2.45) is 0 Å². The van der Waals surface area contributed by atoms with Gasteiger partial charge in [0.2, 0.25) is 5.91 Å². The van der Waals surface area contributed by atoms with Crippen LogP contribution in [0.5, 0.6) is 5.75 Å². The Kier molecular flexibility index (Phi) is 5.35. The number of rotatable bonds is 6. The molecule has 0 heterocycles. The van der Waals surface area contributed by atoms with Gasteiger partial charge in [-0.15, -0.1) is 0 Å². The Bertz CT molecular complexity index is 385. The smallest absolute Gasteiger partial charge is 0.223 e. The molecule has 1 aromatic carbocycles. The molecule has 0 saturated carbocycles. The largest absolute Gasteiger partial charge is 0.493 e. The second-order valence-corrected chi connectivity index (χ2v) is 3.25. The second-order valence-electron chi connectivity index (χ2n) is 3.25. The average Bonchev–Trinajstić information content (AvgIpc) is 2.31. The predicted octanol–water partition coefficient (Wildman–Crippen LogP) is 0.842. The van der Waals surface area contributed by atoms with E-state index >= 15 is 0 Å². The normalized spacial score (nSPS) is 10.1. The molecule has 1 amide bonds. The molecule has 0 aliphatic heterocycles. The van der Waals surface area contributed by atoms with Crippen LogP contribution in [0.3, 0.4) is 0 Å². The lowest BCUT2D eigenvalue weighted by Crippen LogP contribution is -2.27. The third kappa shape index (κ3) is 4.78. The molecule has 0 unspecified atom stereocenters. The summed E-state index contributed by atoms with van der Waals surface area (Å²) in [6.45, 7) is 0.113. The van der Waals surface area contributed by atoms with E-state index < -0.39 is 11.6 Å². The van der Waals surface area contributed by atoms with E-state index in [1.165, 1.54) is 6.07 Å². The molecule has 0 aliphatic carbocycles. The highest BCUT2D eigenvalue weighted by molar-refractivity contribution is 5.75. The number of halogens is 2. The molecule has 0 spiro atoms. The van der Waals surface area contributed by atoms with E-state index in [1.54, 1.807) is 0 Å². The van der Waals surface area contributed by atoms with E-state index in [-0.39, 0.29) is 37.8 Å². The molecule has 4 nitrogen and oxygen atoms in total. The summed E-state index contributed by atoms with van der Waals surface area (Å²) in [7, 11) is 0. The maximum Gasteiger partial charge on any atom is 0.223 e. The van der Waals surface area contributed by atoms with Gasteiger partial charge in [-0.3, -0.25) is 4.79 Å². The van der Waals surface area contributed by atoms with Crippen LogP contribution in [0.4, 0.5) is 8.78 Å². The maximum absolute atomic E-state index is 12.8. The summed E-state index contributed by atoms with van der Waals surface area (Å²) in [5.74, 6) is -2.05. The van der Waals surface area contributed by atoms with Gasteiger partial charge in [0.05, 0.1) is 19.6 Å². The van der Waals surface area contributed by atoms with Crippen molar-refractivity contribution in [1.29, 1.82) is 0 Å². The van der Waals surface area contributed by atoms with Gasteiger partial charge < -0.3 is 15.2 Å². The van der Waals surface area contributed by atoms with Crippen molar-refractivity contribution in [3.05, 3.63) is 29.8 Å². The highest BCUT2D eigenvalue weighted by atomic mass is 19.2. The number of hydrogen-bond acceptors (Lipinski definition) is 3. The van der Waals surface area contributed by atoms with Gasteiger partial charge in [0.15, 0.2) is 11.6 Å². The first-order valence-electron chi connectivity index (χ1n) is 5.09. The van der Waals surface area contributed by atoms with Crippen molar-refractivity contribution in [2.75, 3.05) is 19.8 Å². The number of aliphatic hydroxyl groups is 1. The minimum absolute atomic E-state index is 0.0579. The standard InChI is InChI=1S/C11H13F2NO3/c12-9-2-1-8(7-10(9)13)17-6-3-11(16)14-4-5-15/h1-2,7,15H,3-6H2,(H,14,16). The molecule has 0 atom stereocenters. The molecule has 0 aliphatic rings. The summed E-state index contributed by atoms with van der Waals surface area (Å²) in [5.41, 5.74) is 0. The molecule has 0 fully saturated rings. The molecule has 94 valence electrons. The minimum Gasteiger partial charge on any atom is -0.493 e. The highest BCUT2D eigenvalue weighted by Gasteiger charge is 2.04. The third-order valence-electron chi connectivity index (χ3n) is 1.92. The zero-order valence-corrected chi connectivity index (χ0v) is 9.08. The molecule has 6 heteroatoms. The van der Waals surface area contributed by atoms with E-state index in [0.29, 0.717) is 0 Å². The number of carbonyl (C=O) groups is 1. The summed E-state index contributed by atoms with van der Waals surface area (Å²) in [5, 5.41) is 10.9. The van der Waals surface area contributed by atoms with Gasteiger partial charge in [-0.05, 0) is 12.1 Å². The van der Waals surface area contributed by atoms with Crippen LogP contribution in [0.1, 0.15) is 6.42 Å². The summed E-state index contributed by atoms with van der Waals surface area (Å²) in [6, 6.07) is 3.15. The van der Waals surface area contributed by atoms with Crippen molar-refractivity contribution >= 4 is 5.91 Å². The summed E-state index contributed by atoms with van der Waals surface area (Å²) in [4.78, 5) is 11.1. The number of hydrogen-bond donors (Lipinski definition) is 2. The van der Waals surface area contributed by atoms with Crippen LogP contribution < -0.4 is 10.1 Å². The summed E-state index contributed by atoms with van der Waals surface area (Å²) < 4.78 is 30.4. The zero-order chi connectivity index (χ0) is 12.7. The average molecular weight is 245 g/mol. The lowest BCUT2D eigenvalue weighted by Gasteiger charge is -2.06. The third-order valence-corrected chi connectivity index (χ3v) is 1.92. The quantitative estimate of drug-likeness (QED) is 0.781. The molecule has 1 rings (SSSR count). The van der Waals surface area contributed by atoms with Gasteiger partial charge in [0, 0.05) is 12.6 Å². The van der Waals surface area contributed by atoms with Crippen LogP contribution in [0.2, 0.25) is 0 Å². The van der Waals surface area contributed by atoms with Crippen molar-refractivity contribution in [1.82, 2.24) is 5.32 Å². The van der Waals surface area contributed by atoms with Crippen LogP contribution >= 0.6 is 0 Å². The molecule has 2 N–H and O–H groups in total. The predicted molar refractivity (Wildman–Crippen MR) is 56.6 cm³/mol. The van der Waals surface area contributed by atoms with Gasteiger partial charge in [0.25, 0.3) is 0 Å². The van der Waals surface area contributed by atoms with Crippen LogP contribution in [-0.2, 0) is 4.79 Å². The number of aliphatic hydroxyl groups excluding tert-OH is 1. The summed E-state index contributed by atoms with van der Waals surface area (Å²) >= 11 is 0. The zero-order valence-electron chi connectivity index (χ0n) is 9.08. The Morgan fingerprint density at radius 1 is 1.35 bits per heavy atom. The van der Waals surface area contributed by atoms with Gasteiger partial charge in [-0.1, -0.05) is 0 Å². The first kappa shape index (κ1) is 13.4. The Morgan fingerprint density at radius 2 is 2.12 bits per heavy atom. The molecule has 0 saturated heterocycles. The van der Waals surface area contributed by atoms with Crippen molar-refractivity contribution in [2.45, 2.75) is 6.42 Å². The van der Waals surface area contributed by atoms with Crippen LogP contribution in [-0.4, -0.2) is 30.8 Å². The first-order chi connectivity index (χ1) is 8.13. The monoisotopic (exact) mass is 245 g/mol. The number of benzene rings is 1. The van der Waals surface area contributed by atoms with Gasteiger partial charge in [-0.2, -0.15) is 0 Å². The lowest BCUT2D eigenvalue weighted by molar-refractivity contribution is -0.121. The minimum atomic E-state index is -0.993. The van der Waals surface area contributed by atoms with E-state index in [0.717, 1.165) is 12.1 Å². The Morgan fingerprint density at radius 3 is 2.76 bits per heavy atom. The van der Waals surface area contributed by atoms with Crippen molar-refractivity contribution < 1.29 is 23.4 Å². The van der Waals surface area contributed by atoms with Crippen LogP contribution in [0.25, 0.3) is 0 Å². The first-order valence-corrected chi connectivity index (χ1v) is 5.09. The Balaban J connectivity index is 2.30. The van der Waals surface area contributed by atoms with Crippen molar-refractivity contribution in [3.63, 3.8) is 0 Å². The second kappa shape index (κ2) is 6.80. The fourth-order valence-electron chi connectivity index (χ4n) is 1.11. The highest BCUT2D eigenvalue weighted by Crippen LogP contribution is 2.15. The summed E-state index contributed by atoms with van der Waals surface area (Å²) in [6.07, 6.45) is 0.0823. The van der Waals surface area contributed by atoms with Gasteiger partial charge in [-0.25, -0.2) is 8.78 Å². The van der Waals surface area contributed by atoms with Gasteiger partial charge in [0.1, 0.15) is 5.75 Å². The molecule has 0 bridgehead atoms. The molecule has 17 heavy (non-hydrogen) atoms. The van der Waals surface area contributed by atoms with Crippen molar-refractivity contribution in [3.8, 4) is 5.75 Å². The van der Waals surface area contributed by atoms with E-state index in [1.807, 2.05) is 0 Å². The number of carbonyl (C=O) groups excluding carboxylic acids is 1. The topological polar surface area (TPSA) is 58.6 Å². The van der Waals surface area contributed by atoms with E-state index in [2.05, 4.69) is 5.32 Å². The van der Waals surface area contributed by atoms with Crippen LogP contribution in [0, 0.1) is 11.6 Å². The Labute approximate surface area is 97.2 Å². The maximum atomic E-state index is 12.8. The molecular weight excluding hydrogens is 232 g/mol. The number of amides is 1. The van der Waals surface area contributed by atoms with E-state index in [9.17, 15) is 13.6 Å². The Hall–Kier alpha value is -1.69. The fraction of sp³-hybridized carbons (Fsp3) is 0.364. The molecule has 1 aromatic rings. The van der Waals surface area contributed by atoms with E-state index in [4.69, 9.17) is 9.84 Å². The molecule has 0 aromatic heterocycles.